The summed E-state index contributed by atoms with van der Waals surface area (Å²) in [5.41, 5.74) is 1.29. The summed E-state index contributed by atoms with van der Waals surface area (Å²) in [5, 5.41) is 3.45. The first kappa shape index (κ1) is 8.24. The topological polar surface area (TPSA) is 34.2 Å². The number of pyridine rings is 1. The van der Waals surface area contributed by atoms with Gasteiger partial charge in [0.2, 0.25) is 5.88 Å². The lowest BCUT2D eigenvalue weighted by molar-refractivity contribution is 0.287. The first-order valence-corrected chi connectivity index (χ1v) is 5.23. The maximum Gasteiger partial charge on any atom is 0.216 e. The van der Waals surface area contributed by atoms with Crippen LogP contribution in [-0.2, 0) is 0 Å². The molecule has 0 saturated carbocycles. The van der Waals surface area contributed by atoms with Crippen LogP contribution >= 0.6 is 0 Å². The van der Waals surface area contributed by atoms with Crippen LogP contribution in [0.2, 0.25) is 0 Å². The highest BCUT2D eigenvalue weighted by Crippen LogP contribution is 2.37. The van der Waals surface area contributed by atoms with E-state index in [0.29, 0.717) is 5.92 Å². The molecule has 1 aromatic heterocycles. The molecule has 3 heteroatoms. The van der Waals surface area contributed by atoms with Crippen molar-refractivity contribution in [2.45, 2.75) is 12.3 Å². The monoisotopic (exact) mass is 190 g/mol. The van der Waals surface area contributed by atoms with Crippen molar-refractivity contribution in [1.29, 1.82) is 0 Å². The van der Waals surface area contributed by atoms with Crippen LogP contribution in [0.25, 0.3) is 0 Å². The molecule has 0 unspecified atom stereocenters. The van der Waals surface area contributed by atoms with Crippen molar-refractivity contribution in [1.82, 2.24) is 10.3 Å². The molecule has 3 rings (SSSR count). The summed E-state index contributed by atoms with van der Waals surface area (Å²) in [6.07, 6.45) is 2.95. The van der Waals surface area contributed by atoms with Gasteiger partial charge in [-0.3, -0.25) is 0 Å². The molecule has 3 nitrogen and oxygen atoms in total. The normalized spacial score (nSPS) is 30.0. The van der Waals surface area contributed by atoms with Gasteiger partial charge in [0.15, 0.2) is 0 Å². The minimum atomic E-state index is 0.612. The minimum Gasteiger partial charge on any atom is -0.477 e. The Morgan fingerprint density at radius 1 is 1.43 bits per heavy atom. The van der Waals surface area contributed by atoms with E-state index in [0.717, 1.165) is 37.9 Å². The van der Waals surface area contributed by atoms with Crippen LogP contribution in [0.4, 0.5) is 0 Å². The zero-order valence-corrected chi connectivity index (χ0v) is 8.07. The van der Waals surface area contributed by atoms with Crippen LogP contribution in [0, 0.1) is 5.92 Å². The Labute approximate surface area is 83.5 Å². The van der Waals surface area contributed by atoms with E-state index in [9.17, 15) is 0 Å². The van der Waals surface area contributed by atoms with Crippen molar-refractivity contribution in [3.8, 4) is 5.88 Å². The lowest BCUT2D eigenvalue weighted by Crippen LogP contribution is -2.11. The zero-order chi connectivity index (χ0) is 9.38. The van der Waals surface area contributed by atoms with Gasteiger partial charge in [-0.25, -0.2) is 4.98 Å². The van der Waals surface area contributed by atoms with E-state index >= 15 is 0 Å². The van der Waals surface area contributed by atoms with Gasteiger partial charge in [0, 0.05) is 24.2 Å². The third-order valence-corrected chi connectivity index (χ3v) is 3.27. The molecule has 2 aliphatic rings. The van der Waals surface area contributed by atoms with E-state index in [-0.39, 0.29) is 0 Å². The molecule has 0 bridgehead atoms. The van der Waals surface area contributed by atoms with Crippen molar-refractivity contribution in [2.75, 3.05) is 19.7 Å². The predicted octanol–water partition coefficient (Wildman–Crippen LogP) is 1.17. The molecule has 1 fully saturated rings. The van der Waals surface area contributed by atoms with Gasteiger partial charge in [-0.1, -0.05) is 6.07 Å². The standard InChI is InChI=1S/C11H14N2O/c1-2-9-10-7-12-6-8(10)3-5-14-11(9)13-4-1/h1-2,4,8,10,12H,3,5-7H2/t8-,10-/m1/s1. The number of nitrogens with zero attached hydrogens (tertiary/aromatic N) is 1. The second-order valence-corrected chi connectivity index (χ2v) is 4.06. The summed E-state index contributed by atoms with van der Waals surface area (Å²) in [7, 11) is 0. The number of ether oxygens (including phenoxy) is 1. The van der Waals surface area contributed by atoms with E-state index < -0.39 is 0 Å². The molecule has 1 N–H and O–H groups in total. The average Bonchev–Trinajstić information content (AvgIpc) is 2.61. The maximum atomic E-state index is 5.65. The van der Waals surface area contributed by atoms with E-state index in [4.69, 9.17) is 4.74 Å². The van der Waals surface area contributed by atoms with Gasteiger partial charge >= 0.3 is 0 Å². The molecule has 3 heterocycles. The van der Waals surface area contributed by atoms with Crippen LogP contribution in [0.5, 0.6) is 5.88 Å². The molecule has 0 radical (unpaired) electrons. The van der Waals surface area contributed by atoms with Gasteiger partial charge in [0.25, 0.3) is 0 Å². The smallest absolute Gasteiger partial charge is 0.216 e. The van der Waals surface area contributed by atoms with Crippen molar-refractivity contribution >= 4 is 0 Å². The highest BCUT2D eigenvalue weighted by Gasteiger charge is 2.32. The minimum absolute atomic E-state index is 0.612. The number of nitrogens with one attached hydrogen (secondary N) is 1. The molecular weight excluding hydrogens is 176 g/mol. The van der Waals surface area contributed by atoms with Gasteiger partial charge < -0.3 is 10.1 Å². The Balaban J connectivity index is 2.04. The van der Waals surface area contributed by atoms with E-state index in [2.05, 4.69) is 16.4 Å². The first-order chi connectivity index (χ1) is 6.95. The molecule has 0 aromatic carbocycles. The van der Waals surface area contributed by atoms with Crippen molar-refractivity contribution in [3.63, 3.8) is 0 Å². The Bertz CT molecular complexity index is 340. The number of hydrogen-bond donors (Lipinski definition) is 1. The van der Waals surface area contributed by atoms with Gasteiger partial charge in [0.1, 0.15) is 0 Å². The summed E-state index contributed by atoms with van der Waals surface area (Å²) < 4.78 is 5.65. The maximum absolute atomic E-state index is 5.65. The predicted molar refractivity (Wildman–Crippen MR) is 53.4 cm³/mol. The second kappa shape index (κ2) is 3.24. The fourth-order valence-corrected chi connectivity index (χ4v) is 2.51. The number of rotatable bonds is 0. The first-order valence-electron chi connectivity index (χ1n) is 5.23. The Hall–Kier alpha value is -1.09. The average molecular weight is 190 g/mol. The molecule has 14 heavy (non-hydrogen) atoms. The fraction of sp³-hybridized carbons (Fsp3) is 0.545. The van der Waals surface area contributed by atoms with Crippen molar-refractivity contribution in [3.05, 3.63) is 23.9 Å². The summed E-state index contributed by atoms with van der Waals surface area (Å²) in [6, 6.07) is 4.15. The molecular formula is C11H14N2O. The third kappa shape index (κ3) is 1.20. The van der Waals surface area contributed by atoms with Crippen LogP contribution in [0.15, 0.2) is 18.3 Å². The van der Waals surface area contributed by atoms with Gasteiger partial charge in [-0.15, -0.1) is 0 Å². The highest BCUT2D eigenvalue weighted by molar-refractivity contribution is 5.32. The molecule has 74 valence electrons. The van der Waals surface area contributed by atoms with Gasteiger partial charge in [0.05, 0.1) is 6.61 Å². The van der Waals surface area contributed by atoms with Crippen molar-refractivity contribution in [2.24, 2.45) is 5.92 Å². The lowest BCUT2D eigenvalue weighted by atomic mass is 9.88. The Kier molecular flexibility index (Phi) is 1.91. The van der Waals surface area contributed by atoms with Crippen LogP contribution < -0.4 is 10.1 Å². The van der Waals surface area contributed by atoms with Crippen molar-refractivity contribution < 1.29 is 4.74 Å². The molecule has 1 aromatic rings. The van der Waals surface area contributed by atoms with Gasteiger partial charge in [-0.2, -0.15) is 0 Å². The largest absolute Gasteiger partial charge is 0.477 e. The van der Waals surface area contributed by atoms with Crippen LogP contribution in [0.3, 0.4) is 0 Å². The molecule has 2 aliphatic heterocycles. The number of aromatic nitrogens is 1. The Morgan fingerprint density at radius 3 is 3.43 bits per heavy atom. The number of fused-ring (bicyclic) bond motifs is 3. The third-order valence-electron chi connectivity index (χ3n) is 3.27. The van der Waals surface area contributed by atoms with Crippen LogP contribution in [-0.4, -0.2) is 24.7 Å². The molecule has 0 aliphatic carbocycles. The summed E-state index contributed by atoms with van der Waals surface area (Å²) >= 11 is 0. The van der Waals surface area contributed by atoms with E-state index in [1.165, 1.54) is 5.56 Å². The van der Waals surface area contributed by atoms with E-state index in [1.54, 1.807) is 0 Å². The number of hydrogen-bond acceptors (Lipinski definition) is 3. The Morgan fingerprint density at radius 2 is 2.43 bits per heavy atom. The highest BCUT2D eigenvalue weighted by atomic mass is 16.5. The second-order valence-electron chi connectivity index (χ2n) is 4.06. The van der Waals surface area contributed by atoms with E-state index in [1.807, 2.05) is 12.3 Å². The molecule has 1 saturated heterocycles. The lowest BCUT2D eigenvalue weighted by Gasteiger charge is -2.14. The SMILES string of the molecule is c1cnc2c(c1)[C@@H]1CNC[C@H]1CCO2. The summed E-state index contributed by atoms with van der Waals surface area (Å²) in [4.78, 5) is 4.29. The summed E-state index contributed by atoms with van der Waals surface area (Å²) in [6.45, 7) is 3.02. The zero-order valence-electron chi connectivity index (χ0n) is 8.07. The summed E-state index contributed by atoms with van der Waals surface area (Å²) in [5.74, 6) is 2.20. The van der Waals surface area contributed by atoms with Gasteiger partial charge in [-0.05, 0) is 24.9 Å². The molecule has 0 amide bonds. The fourth-order valence-electron chi connectivity index (χ4n) is 2.51. The molecule has 0 spiro atoms. The van der Waals surface area contributed by atoms with Crippen LogP contribution in [0.1, 0.15) is 17.9 Å². The molecule has 2 atom stereocenters. The quantitative estimate of drug-likeness (QED) is 0.666.